The lowest BCUT2D eigenvalue weighted by molar-refractivity contribution is 0.00277. The normalized spacial score (nSPS) is 33.9. The van der Waals surface area contributed by atoms with Crippen molar-refractivity contribution in [1.29, 1.82) is 0 Å². The monoisotopic (exact) mass is 311 g/mol. The Kier molecular flexibility index (Phi) is 3.65. The van der Waals surface area contributed by atoms with E-state index in [1.54, 1.807) is 16.7 Å². The van der Waals surface area contributed by atoms with Crippen molar-refractivity contribution in [1.82, 2.24) is 4.90 Å². The summed E-state index contributed by atoms with van der Waals surface area (Å²) in [5.41, 5.74) is 5.79. The van der Waals surface area contributed by atoms with Gasteiger partial charge in [-0.15, -0.1) is 0 Å². The number of hydrogen-bond acceptors (Lipinski definition) is 1. The highest BCUT2D eigenvalue weighted by molar-refractivity contribution is 5.45. The van der Waals surface area contributed by atoms with E-state index in [-0.39, 0.29) is 0 Å². The van der Waals surface area contributed by atoms with Crippen LogP contribution in [0.25, 0.3) is 0 Å². The highest BCUT2D eigenvalue weighted by Gasteiger charge is 2.53. The first-order valence-corrected chi connectivity index (χ1v) is 9.82. The van der Waals surface area contributed by atoms with Crippen molar-refractivity contribution >= 4 is 0 Å². The Balaban J connectivity index is 1.85. The first-order valence-electron chi connectivity index (χ1n) is 9.82. The van der Waals surface area contributed by atoms with E-state index in [1.165, 1.54) is 51.5 Å². The molecule has 0 N–H and O–H groups in total. The zero-order valence-electron chi connectivity index (χ0n) is 15.5. The van der Waals surface area contributed by atoms with Gasteiger partial charge in [0.2, 0.25) is 0 Å². The molecular formula is C22H33N. The molecule has 4 rings (SSSR count). The van der Waals surface area contributed by atoms with Gasteiger partial charge in [0.25, 0.3) is 0 Å². The molecule has 2 fully saturated rings. The first-order chi connectivity index (χ1) is 11.0. The van der Waals surface area contributed by atoms with E-state index in [2.05, 4.69) is 50.9 Å². The summed E-state index contributed by atoms with van der Waals surface area (Å²) in [5, 5.41) is 0. The molecule has 1 heteroatoms. The second kappa shape index (κ2) is 5.34. The summed E-state index contributed by atoms with van der Waals surface area (Å²) < 4.78 is 0. The van der Waals surface area contributed by atoms with Crippen molar-refractivity contribution in [2.75, 3.05) is 13.6 Å². The van der Waals surface area contributed by atoms with Gasteiger partial charge in [0.05, 0.1) is 0 Å². The molecule has 2 bridgehead atoms. The zero-order valence-corrected chi connectivity index (χ0v) is 15.5. The van der Waals surface area contributed by atoms with Gasteiger partial charge < -0.3 is 4.90 Å². The Labute approximate surface area is 142 Å². The molecule has 1 heterocycles. The minimum Gasteiger partial charge on any atom is -0.303 e. The summed E-state index contributed by atoms with van der Waals surface area (Å²) in [7, 11) is 2.36. The summed E-state index contributed by atoms with van der Waals surface area (Å²) in [5.74, 6) is 0.905. The number of piperidine rings is 1. The van der Waals surface area contributed by atoms with E-state index >= 15 is 0 Å². The molecule has 1 saturated carbocycles. The molecule has 0 amide bonds. The molecule has 1 aromatic rings. The summed E-state index contributed by atoms with van der Waals surface area (Å²) in [6.07, 6.45) is 9.66. The molecule has 0 spiro atoms. The zero-order chi connectivity index (χ0) is 16.2. The van der Waals surface area contributed by atoms with Gasteiger partial charge in [-0.1, -0.05) is 51.8 Å². The Hall–Kier alpha value is -0.820. The first kappa shape index (κ1) is 15.7. The summed E-state index contributed by atoms with van der Waals surface area (Å²) >= 11 is 0. The Morgan fingerprint density at radius 2 is 2.04 bits per heavy atom. The van der Waals surface area contributed by atoms with Crippen molar-refractivity contribution < 1.29 is 0 Å². The van der Waals surface area contributed by atoms with Crippen LogP contribution in [0, 0.1) is 5.92 Å². The van der Waals surface area contributed by atoms with E-state index in [4.69, 9.17) is 0 Å². The van der Waals surface area contributed by atoms with Crippen LogP contribution in [-0.2, 0) is 17.3 Å². The van der Waals surface area contributed by atoms with Crippen LogP contribution < -0.4 is 0 Å². The topological polar surface area (TPSA) is 3.24 Å². The Morgan fingerprint density at radius 3 is 2.83 bits per heavy atom. The fraction of sp³-hybridized carbons (Fsp3) is 0.727. The molecule has 0 radical (unpaired) electrons. The molecule has 0 aromatic heterocycles. The number of rotatable bonds is 2. The molecule has 23 heavy (non-hydrogen) atoms. The Morgan fingerprint density at radius 1 is 1.22 bits per heavy atom. The molecule has 2 aliphatic carbocycles. The number of likely N-dealkylation sites (N-methyl/N-ethyl adjacent to an activating group) is 1. The molecule has 126 valence electrons. The fourth-order valence-electron chi connectivity index (χ4n) is 5.82. The summed E-state index contributed by atoms with van der Waals surface area (Å²) in [6.45, 7) is 8.44. The number of nitrogens with zero attached hydrogens (tertiary/aromatic N) is 1. The maximum Gasteiger partial charge on any atom is 0.0169 e. The van der Waals surface area contributed by atoms with E-state index in [9.17, 15) is 0 Å². The average Bonchev–Trinajstić information content (AvgIpc) is 2.57. The number of likely N-dealkylation sites (tertiary alicyclic amines) is 1. The summed E-state index contributed by atoms with van der Waals surface area (Å²) in [4.78, 5) is 2.67. The highest BCUT2D eigenvalue weighted by atomic mass is 15.1. The van der Waals surface area contributed by atoms with E-state index < -0.39 is 0 Å². The van der Waals surface area contributed by atoms with Gasteiger partial charge >= 0.3 is 0 Å². The number of benzene rings is 1. The van der Waals surface area contributed by atoms with E-state index in [0.29, 0.717) is 10.8 Å². The van der Waals surface area contributed by atoms with Crippen LogP contribution in [0.1, 0.15) is 76.0 Å². The van der Waals surface area contributed by atoms with Gasteiger partial charge in [-0.05, 0) is 73.7 Å². The molecule has 1 aliphatic heterocycles. The molecule has 3 unspecified atom stereocenters. The van der Waals surface area contributed by atoms with Gasteiger partial charge in [0.15, 0.2) is 0 Å². The molecule has 1 nitrogen and oxygen atoms in total. The van der Waals surface area contributed by atoms with Gasteiger partial charge in [-0.3, -0.25) is 0 Å². The maximum atomic E-state index is 2.67. The van der Waals surface area contributed by atoms with Gasteiger partial charge in [0, 0.05) is 11.5 Å². The van der Waals surface area contributed by atoms with E-state index in [0.717, 1.165) is 12.0 Å². The minimum absolute atomic E-state index is 0.304. The smallest absolute Gasteiger partial charge is 0.0169 e. The molecule has 3 atom stereocenters. The van der Waals surface area contributed by atoms with Crippen LogP contribution in [0.4, 0.5) is 0 Å². The third kappa shape index (κ3) is 2.22. The lowest BCUT2D eigenvalue weighted by Gasteiger charge is -2.58. The lowest BCUT2D eigenvalue weighted by atomic mass is 9.52. The lowest BCUT2D eigenvalue weighted by Crippen LogP contribution is -2.59. The standard InChI is InChI=1S/C22H33N/c1-5-21(2,3)17-10-9-16-14-20-18-8-6-7-11-22(18,19(16)15-17)12-13-23(20)4/h9-10,15,18,20H,5-8,11-14H2,1-4H3. The number of fused-ring (bicyclic) bond motifs is 1. The second-order valence-electron chi connectivity index (χ2n) is 9.12. The van der Waals surface area contributed by atoms with Crippen molar-refractivity contribution in [2.24, 2.45) is 5.92 Å². The molecular weight excluding hydrogens is 278 g/mol. The second-order valence-corrected chi connectivity index (χ2v) is 9.12. The third-order valence-corrected chi connectivity index (χ3v) is 7.78. The average molecular weight is 312 g/mol. The molecule has 1 aromatic carbocycles. The quantitative estimate of drug-likeness (QED) is 0.737. The number of hydrogen-bond donors (Lipinski definition) is 0. The van der Waals surface area contributed by atoms with Crippen molar-refractivity contribution in [2.45, 2.75) is 82.6 Å². The Bertz CT molecular complexity index is 602. The summed E-state index contributed by atoms with van der Waals surface area (Å²) in [6, 6.07) is 8.35. The van der Waals surface area contributed by atoms with Crippen molar-refractivity contribution in [3.63, 3.8) is 0 Å². The van der Waals surface area contributed by atoms with Crippen molar-refractivity contribution in [3.8, 4) is 0 Å². The van der Waals surface area contributed by atoms with Crippen LogP contribution in [0.2, 0.25) is 0 Å². The van der Waals surface area contributed by atoms with Gasteiger partial charge in [0.1, 0.15) is 0 Å². The van der Waals surface area contributed by atoms with Gasteiger partial charge in [-0.25, -0.2) is 0 Å². The van der Waals surface area contributed by atoms with Crippen LogP contribution in [0.3, 0.4) is 0 Å². The minimum atomic E-state index is 0.304. The predicted octanol–water partition coefficient (Wildman–Crippen LogP) is 5.06. The van der Waals surface area contributed by atoms with Crippen LogP contribution >= 0.6 is 0 Å². The SMILES string of the molecule is CCC(C)(C)c1ccc2c(c1)C13CCCCC1C(C2)N(C)CC3. The van der Waals surface area contributed by atoms with Crippen LogP contribution in [0.15, 0.2) is 18.2 Å². The van der Waals surface area contributed by atoms with Crippen LogP contribution in [-0.4, -0.2) is 24.5 Å². The molecule has 1 saturated heterocycles. The van der Waals surface area contributed by atoms with Gasteiger partial charge in [-0.2, -0.15) is 0 Å². The molecule has 3 aliphatic rings. The van der Waals surface area contributed by atoms with E-state index in [1.807, 2.05) is 0 Å². The maximum absolute atomic E-state index is 2.67. The largest absolute Gasteiger partial charge is 0.303 e. The van der Waals surface area contributed by atoms with Crippen molar-refractivity contribution in [3.05, 3.63) is 34.9 Å². The third-order valence-electron chi connectivity index (χ3n) is 7.78. The fourth-order valence-corrected chi connectivity index (χ4v) is 5.82. The highest BCUT2D eigenvalue weighted by Crippen LogP contribution is 2.55. The predicted molar refractivity (Wildman–Crippen MR) is 98.1 cm³/mol. The van der Waals surface area contributed by atoms with Crippen LogP contribution in [0.5, 0.6) is 0 Å².